The smallest absolute Gasteiger partial charge is 0.335 e. The summed E-state index contributed by atoms with van der Waals surface area (Å²) in [6.07, 6.45) is 4.14. The highest BCUT2D eigenvalue weighted by atomic mass is 32.1. The van der Waals surface area contributed by atoms with E-state index in [1.54, 1.807) is 24.3 Å². The molecule has 0 bridgehead atoms. The third kappa shape index (κ3) is 4.85. The van der Waals surface area contributed by atoms with E-state index in [1.165, 1.54) is 23.5 Å². The van der Waals surface area contributed by atoms with Gasteiger partial charge in [-0.25, -0.2) is 19.6 Å². The molecule has 0 saturated heterocycles. The predicted molar refractivity (Wildman–Crippen MR) is 145 cm³/mol. The van der Waals surface area contributed by atoms with Crippen molar-refractivity contribution in [2.45, 2.75) is 12.8 Å². The van der Waals surface area contributed by atoms with Gasteiger partial charge in [0.05, 0.1) is 22.0 Å². The van der Waals surface area contributed by atoms with Gasteiger partial charge in [0.25, 0.3) is 0 Å². The molecule has 0 radical (unpaired) electrons. The predicted octanol–water partition coefficient (Wildman–Crippen LogP) is 5.59. The highest BCUT2D eigenvalue weighted by Gasteiger charge is 2.21. The molecule has 0 fully saturated rings. The second kappa shape index (κ2) is 9.71. The van der Waals surface area contributed by atoms with Crippen LogP contribution < -0.4 is 11.5 Å². The zero-order chi connectivity index (χ0) is 26.1. The van der Waals surface area contributed by atoms with Gasteiger partial charge in [-0.15, -0.1) is 11.3 Å². The van der Waals surface area contributed by atoms with E-state index < -0.39 is 11.9 Å². The van der Waals surface area contributed by atoms with Gasteiger partial charge in [0.1, 0.15) is 11.5 Å². The normalized spacial score (nSPS) is 13.1. The number of carboxylic acid groups (broad SMARTS) is 2. The van der Waals surface area contributed by atoms with E-state index >= 15 is 0 Å². The Balaban J connectivity index is 1.63. The van der Waals surface area contributed by atoms with Crippen LogP contribution in [0.15, 0.2) is 78.4 Å². The number of anilines is 2. The van der Waals surface area contributed by atoms with Crippen molar-refractivity contribution in [1.82, 2.24) is 9.97 Å². The van der Waals surface area contributed by atoms with Crippen LogP contribution in [-0.4, -0.2) is 32.1 Å². The Bertz CT molecular complexity index is 1590. The number of aromatic carboxylic acids is 1. The molecule has 6 N–H and O–H groups in total. The van der Waals surface area contributed by atoms with Crippen molar-refractivity contribution in [1.29, 1.82) is 0 Å². The maximum Gasteiger partial charge on any atom is 0.335 e. The van der Waals surface area contributed by atoms with Gasteiger partial charge in [-0.1, -0.05) is 48.6 Å². The zero-order valence-corrected chi connectivity index (χ0v) is 20.3. The zero-order valence-electron chi connectivity index (χ0n) is 19.5. The second-order valence-electron chi connectivity index (χ2n) is 8.51. The Morgan fingerprint density at radius 3 is 1.86 bits per heavy atom. The largest absolute Gasteiger partial charge is 0.478 e. The molecule has 1 aliphatic carbocycles. The van der Waals surface area contributed by atoms with Gasteiger partial charge in [-0.05, 0) is 48.2 Å². The number of aromatic nitrogens is 2. The fourth-order valence-electron chi connectivity index (χ4n) is 4.17. The summed E-state index contributed by atoms with van der Waals surface area (Å²) in [6.45, 7) is 0. The van der Waals surface area contributed by atoms with E-state index in [4.69, 9.17) is 16.5 Å². The molecule has 9 heteroatoms. The minimum atomic E-state index is -1.02. The second-order valence-corrected chi connectivity index (χ2v) is 9.62. The summed E-state index contributed by atoms with van der Waals surface area (Å²) < 4.78 is 0. The number of hydrogen-bond donors (Lipinski definition) is 4. The molecule has 0 atom stereocenters. The Morgan fingerprint density at radius 1 is 0.703 bits per heavy atom. The Hall–Kier alpha value is -4.76. The first-order valence-corrected chi connectivity index (χ1v) is 12.2. The number of aliphatic carboxylic acids is 1. The molecule has 4 aromatic rings. The lowest BCUT2D eigenvalue weighted by atomic mass is 9.95. The molecular weight excluding hydrogens is 488 g/mol. The average Bonchev–Trinajstić information content (AvgIpc) is 3.35. The monoisotopic (exact) mass is 510 g/mol. The molecule has 0 unspecified atom stereocenters. The van der Waals surface area contributed by atoms with Crippen LogP contribution in [0.1, 0.15) is 28.9 Å². The number of rotatable bonds is 6. The summed E-state index contributed by atoms with van der Waals surface area (Å²) in [5.41, 5.74) is 17.6. The van der Waals surface area contributed by atoms with Crippen molar-refractivity contribution in [2.24, 2.45) is 0 Å². The summed E-state index contributed by atoms with van der Waals surface area (Å²) >= 11 is 1.50. The molecule has 2 aromatic heterocycles. The number of allylic oxidation sites excluding steroid dienone is 3. The standard InChI is InChI=1S/C28H22N4O4S/c29-22-14-13-21(37-22)15-1-3-16(4-2-15)23-24(17-5-9-19(10-6-17)27(33)34)32-26(30)25(31-23)18-7-11-20(12-8-18)28(35)36/h1-7,9-11,13-14H,8,12,29H2,(H2,30,32)(H,33,34)(H,35,36). The van der Waals surface area contributed by atoms with Crippen LogP contribution in [0.5, 0.6) is 0 Å². The van der Waals surface area contributed by atoms with Crippen LogP contribution in [0.4, 0.5) is 10.8 Å². The van der Waals surface area contributed by atoms with Gasteiger partial charge < -0.3 is 21.7 Å². The first kappa shape index (κ1) is 24.0. The number of carbonyl (C=O) groups is 2. The molecule has 8 nitrogen and oxygen atoms in total. The van der Waals surface area contributed by atoms with Crippen LogP contribution in [0.3, 0.4) is 0 Å². The summed E-state index contributed by atoms with van der Waals surface area (Å²) in [7, 11) is 0. The lowest BCUT2D eigenvalue weighted by Gasteiger charge is -2.17. The van der Waals surface area contributed by atoms with Crippen LogP contribution in [0.25, 0.3) is 38.5 Å². The Morgan fingerprint density at radius 2 is 1.32 bits per heavy atom. The first-order valence-electron chi connectivity index (χ1n) is 11.4. The van der Waals surface area contributed by atoms with Gasteiger partial charge in [-0.3, -0.25) is 0 Å². The minimum Gasteiger partial charge on any atom is -0.478 e. The van der Waals surface area contributed by atoms with Gasteiger partial charge in [-0.2, -0.15) is 0 Å². The molecular formula is C28H22N4O4S. The van der Waals surface area contributed by atoms with Crippen LogP contribution >= 0.6 is 11.3 Å². The summed E-state index contributed by atoms with van der Waals surface area (Å²) in [5.74, 6) is -1.75. The molecule has 184 valence electrons. The van der Waals surface area contributed by atoms with Crippen LogP contribution in [0, 0.1) is 0 Å². The maximum absolute atomic E-state index is 11.3. The first-order chi connectivity index (χ1) is 17.8. The maximum atomic E-state index is 11.3. The van der Waals surface area contributed by atoms with Gasteiger partial charge in [0, 0.05) is 21.6 Å². The van der Waals surface area contributed by atoms with E-state index in [0.717, 1.165) is 26.6 Å². The number of nitrogens with zero attached hydrogens (tertiary/aromatic N) is 2. The number of benzene rings is 2. The van der Waals surface area contributed by atoms with E-state index in [1.807, 2.05) is 36.4 Å². The lowest BCUT2D eigenvalue weighted by Crippen LogP contribution is -2.08. The fourth-order valence-corrected chi connectivity index (χ4v) is 4.95. The molecule has 1 aliphatic rings. The van der Waals surface area contributed by atoms with Crippen molar-refractivity contribution in [2.75, 3.05) is 11.5 Å². The van der Waals surface area contributed by atoms with Gasteiger partial charge in [0.15, 0.2) is 0 Å². The molecule has 0 spiro atoms. The van der Waals surface area contributed by atoms with E-state index in [-0.39, 0.29) is 11.4 Å². The van der Waals surface area contributed by atoms with Crippen molar-refractivity contribution >= 4 is 39.7 Å². The molecule has 2 heterocycles. The highest BCUT2D eigenvalue weighted by molar-refractivity contribution is 7.19. The van der Waals surface area contributed by atoms with Crippen molar-refractivity contribution < 1.29 is 19.8 Å². The van der Waals surface area contributed by atoms with Crippen LogP contribution in [0.2, 0.25) is 0 Å². The quantitative estimate of drug-likeness (QED) is 0.262. The minimum absolute atomic E-state index is 0.163. The van der Waals surface area contributed by atoms with Gasteiger partial charge in [0.2, 0.25) is 0 Å². The summed E-state index contributed by atoms with van der Waals surface area (Å²) in [6, 6.07) is 18.1. The fraction of sp³-hybridized carbons (Fsp3) is 0.0714. The Kier molecular flexibility index (Phi) is 6.29. The molecule has 5 rings (SSSR count). The number of nitrogen functional groups attached to an aromatic ring is 2. The SMILES string of the molecule is Nc1ccc(-c2ccc(-c3nc(C4=CC=C(C(=O)O)CC4)c(N)nc3-c3ccc(C(=O)O)cc3)cc2)s1. The third-order valence-electron chi connectivity index (χ3n) is 6.13. The number of nitrogens with two attached hydrogens (primary N) is 2. The van der Waals surface area contributed by atoms with Crippen molar-refractivity contribution in [3.8, 4) is 33.0 Å². The van der Waals surface area contributed by atoms with E-state index in [0.29, 0.717) is 41.1 Å². The average molecular weight is 511 g/mol. The third-order valence-corrected chi connectivity index (χ3v) is 7.09. The molecule has 0 aliphatic heterocycles. The summed E-state index contributed by atoms with van der Waals surface area (Å²) in [4.78, 5) is 33.3. The Labute approximate surface area is 216 Å². The van der Waals surface area contributed by atoms with Gasteiger partial charge >= 0.3 is 11.9 Å². The molecule has 37 heavy (non-hydrogen) atoms. The topological polar surface area (TPSA) is 152 Å². The van der Waals surface area contributed by atoms with E-state index in [2.05, 4.69) is 4.98 Å². The molecule has 2 aromatic carbocycles. The van der Waals surface area contributed by atoms with Crippen molar-refractivity contribution in [3.05, 3.63) is 89.6 Å². The van der Waals surface area contributed by atoms with E-state index in [9.17, 15) is 19.8 Å². The molecule has 0 saturated carbocycles. The highest BCUT2D eigenvalue weighted by Crippen LogP contribution is 2.37. The van der Waals surface area contributed by atoms with Crippen LogP contribution in [-0.2, 0) is 4.79 Å². The number of hydrogen-bond acceptors (Lipinski definition) is 7. The number of thiophene rings is 1. The summed E-state index contributed by atoms with van der Waals surface area (Å²) in [5, 5.41) is 19.3. The molecule has 0 amide bonds. The number of carboxylic acids is 2. The lowest BCUT2D eigenvalue weighted by molar-refractivity contribution is -0.132. The van der Waals surface area contributed by atoms with Crippen molar-refractivity contribution in [3.63, 3.8) is 0 Å².